The first kappa shape index (κ1) is 16.7. The van der Waals surface area contributed by atoms with Gasteiger partial charge in [0, 0.05) is 6.42 Å². The van der Waals surface area contributed by atoms with Crippen molar-refractivity contribution in [2.24, 2.45) is 0 Å². The topological polar surface area (TPSA) is 49.3 Å². The zero-order chi connectivity index (χ0) is 14.6. The molecule has 0 radical (unpaired) electrons. The largest absolute Gasteiger partial charge is 0.394 e. The van der Waals surface area contributed by atoms with Crippen LogP contribution >= 0.6 is 0 Å². The van der Waals surface area contributed by atoms with Crippen molar-refractivity contribution < 1.29 is 9.90 Å². The van der Waals surface area contributed by atoms with Crippen LogP contribution in [0.5, 0.6) is 0 Å². The maximum absolute atomic E-state index is 11.8. The Kier molecular flexibility index (Phi) is 8.72. The minimum Gasteiger partial charge on any atom is -0.394 e. The summed E-state index contributed by atoms with van der Waals surface area (Å²) in [6.07, 6.45) is 6.97. The van der Waals surface area contributed by atoms with Crippen molar-refractivity contribution in [3.8, 4) is 0 Å². The van der Waals surface area contributed by atoms with E-state index in [1.165, 1.54) is 19.3 Å². The Hall–Kier alpha value is -1.35. The number of carbonyl (C=O) groups excluding carboxylic acids is 1. The molecule has 3 nitrogen and oxygen atoms in total. The number of hydrogen-bond acceptors (Lipinski definition) is 2. The highest BCUT2D eigenvalue weighted by Gasteiger charge is 2.11. The first-order chi connectivity index (χ1) is 9.76. The zero-order valence-corrected chi connectivity index (χ0v) is 12.5. The van der Waals surface area contributed by atoms with Crippen LogP contribution in [0, 0.1) is 0 Å². The zero-order valence-electron chi connectivity index (χ0n) is 12.5. The van der Waals surface area contributed by atoms with Crippen molar-refractivity contribution in [3.05, 3.63) is 35.9 Å². The molecule has 1 amide bonds. The van der Waals surface area contributed by atoms with Gasteiger partial charge in [0.25, 0.3) is 0 Å². The van der Waals surface area contributed by atoms with Gasteiger partial charge in [-0.25, -0.2) is 0 Å². The number of benzene rings is 1. The Morgan fingerprint density at radius 2 is 1.85 bits per heavy atom. The van der Waals surface area contributed by atoms with Crippen molar-refractivity contribution in [1.82, 2.24) is 5.32 Å². The summed E-state index contributed by atoms with van der Waals surface area (Å²) in [5, 5.41) is 12.3. The number of nitrogens with one attached hydrogen (secondary N) is 1. The normalized spacial score (nSPS) is 12.1. The molecule has 0 aliphatic rings. The summed E-state index contributed by atoms with van der Waals surface area (Å²) in [7, 11) is 0. The Labute approximate surface area is 122 Å². The minimum absolute atomic E-state index is 0.0174. The molecular weight excluding hydrogens is 250 g/mol. The van der Waals surface area contributed by atoms with Gasteiger partial charge in [-0.3, -0.25) is 4.79 Å². The fraction of sp³-hybridized carbons (Fsp3) is 0.588. The van der Waals surface area contributed by atoms with Gasteiger partial charge in [-0.05, 0) is 18.4 Å². The van der Waals surface area contributed by atoms with Crippen LogP contribution < -0.4 is 5.32 Å². The molecule has 0 heterocycles. The molecule has 0 aliphatic heterocycles. The van der Waals surface area contributed by atoms with Crippen LogP contribution in [0.2, 0.25) is 0 Å². The summed E-state index contributed by atoms with van der Waals surface area (Å²) < 4.78 is 0. The van der Waals surface area contributed by atoms with Crippen LogP contribution in [0.25, 0.3) is 0 Å². The predicted molar refractivity (Wildman–Crippen MR) is 82.5 cm³/mol. The van der Waals surface area contributed by atoms with E-state index in [1.807, 2.05) is 30.3 Å². The van der Waals surface area contributed by atoms with E-state index in [0.29, 0.717) is 12.8 Å². The van der Waals surface area contributed by atoms with Gasteiger partial charge in [-0.15, -0.1) is 0 Å². The molecule has 2 N–H and O–H groups in total. The second kappa shape index (κ2) is 10.4. The molecule has 1 aromatic rings. The van der Waals surface area contributed by atoms with Crippen molar-refractivity contribution in [3.63, 3.8) is 0 Å². The van der Waals surface area contributed by atoms with Crippen LogP contribution in [0.1, 0.15) is 51.0 Å². The number of rotatable bonds is 10. The van der Waals surface area contributed by atoms with E-state index < -0.39 is 0 Å². The highest BCUT2D eigenvalue weighted by Crippen LogP contribution is 2.06. The van der Waals surface area contributed by atoms with Gasteiger partial charge in [0.2, 0.25) is 5.91 Å². The average Bonchev–Trinajstić information content (AvgIpc) is 2.47. The van der Waals surface area contributed by atoms with Gasteiger partial charge in [-0.1, -0.05) is 62.9 Å². The fourth-order valence-corrected chi connectivity index (χ4v) is 2.25. The summed E-state index contributed by atoms with van der Waals surface area (Å²) in [5.41, 5.74) is 1.13. The van der Waals surface area contributed by atoms with Crippen LogP contribution in [0.4, 0.5) is 0 Å². The first-order valence-electron chi connectivity index (χ1n) is 7.70. The summed E-state index contributed by atoms with van der Waals surface area (Å²) in [4.78, 5) is 11.8. The molecule has 1 aromatic carbocycles. The Balaban J connectivity index is 2.24. The lowest BCUT2D eigenvalue weighted by Gasteiger charge is -2.16. The number of aliphatic hydroxyl groups is 1. The molecule has 0 saturated heterocycles. The van der Waals surface area contributed by atoms with E-state index in [2.05, 4.69) is 12.2 Å². The van der Waals surface area contributed by atoms with Gasteiger partial charge in [0.05, 0.1) is 12.6 Å². The maximum atomic E-state index is 11.8. The lowest BCUT2D eigenvalue weighted by molar-refractivity contribution is -0.122. The van der Waals surface area contributed by atoms with E-state index >= 15 is 0 Å². The molecule has 0 saturated carbocycles. The summed E-state index contributed by atoms with van der Waals surface area (Å²) in [5.74, 6) is 0.0523. The van der Waals surface area contributed by atoms with E-state index in [0.717, 1.165) is 18.4 Å². The van der Waals surface area contributed by atoms with Crippen LogP contribution in [-0.2, 0) is 11.2 Å². The molecule has 0 unspecified atom stereocenters. The Bertz CT molecular complexity index is 365. The third-order valence-electron chi connectivity index (χ3n) is 3.42. The number of hydrogen-bond donors (Lipinski definition) is 2. The van der Waals surface area contributed by atoms with Gasteiger partial charge in [-0.2, -0.15) is 0 Å². The summed E-state index contributed by atoms with van der Waals surface area (Å²) in [6.45, 7) is 2.17. The Morgan fingerprint density at radius 3 is 2.50 bits per heavy atom. The van der Waals surface area contributed by atoms with E-state index in [1.54, 1.807) is 0 Å². The SMILES string of the molecule is CCCCCCCC(=O)N[C@H](CO)Cc1ccccc1. The average molecular weight is 277 g/mol. The third-order valence-corrected chi connectivity index (χ3v) is 3.42. The molecule has 0 bridgehead atoms. The number of unbranched alkanes of at least 4 members (excludes halogenated alkanes) is 4. The van der Waals surface area contributed by atoms with Gasteiger partial charge in [0.1, 0.15) is 0 Å². The number of carbonyl (C=O) groups is 1. The maximum Gasteiger partial charge on any atom is 0.220 e. The summed E-state index contributed by atoms with van der Waals surface area (Å²) in [6, 6.07) is 9.75. The smallest absolute Gasteiger partial charge is 0.220 e. The number of amides is 1. The molecule has 112 valence electrons. The second-order valence-corrected chi connectivity index (χ2v) is 5.30. The van der Waals surface area contributed by atoms with E-state index in [9.17, 15) is 9.90 Å². The highest BCUT2D eigenvalue weighted by atomic mass is 16.3. The minimum atomic E-state index is -0.180. The summed E-state index contributed by atoms with van der Waals surface area (Å²) >= 11 is 0. The molecule has 0 spiro atoms. The van der Waals surface area contributed by atoms with Crippen LogP contribution in [0.3, 0.4) is 0 Å². The van der Waals surface area contributed by atoms with Gasteiger partial charge in [0.15, 0.2) is 0 Å². The molecule has 0 aromatic heterocycles. The third kappa shape index (κ3) is 7.29. The monoisotopic (exact) mass is 277 g/mol. The van der Waals surface area contributed by atoms with E-state index in [-0.39, 0.29) is 18.6 Å². The molecule has 20 heavy (non-hydrogen) atoms. The van der Waals surface area contributed by atoms with Crippen molar-refractivity contribution in [1.29, 1.82) is 0 Å². The lowest BCUT2D eigenvalue weighted by Crippen LogP contribution is -2.38. The quantitative estimate of drug-likeness (QED) is 0.646. The standard InChI is InChI=1S/C17H27NO2/c1-2-3-4-5-9-12-17(20)18-16(14-19)13-15-10-7-6-8-11-15/h6-8,10-11,16,19H,2-5,9,12-14H2,1H3,(H,18,20)/t16-/m0/s1. The highest BCUT2D eigenvalue weighted by molar-refractivity contribution is 5.76. The molecule has 0 aliphatic carbocycles. The van der Waals surface area contributed by atoms with Gasteiger partial charge < -0.3 is 10.4 Å². The molecule has 0 fully saturated rings. The molecule has 1 rings (SSSR count). The second-order valence-electron chi connectivity index (χ2n) is 5.30. The lowest BCUT2D eigenvalue weighted by atomic mass is 10.1. The van der Waals surface area contributed by atoms with Crippen LogP contribution in [0.15, 0.2) is 30.3 Å². The van der Waals surface area contributed by atoms with Crippen LogP contribution in [-0.4, -0.2) is 23.7 Å². The molecular formula is C17H27NO2. The van der Waals surface area contributed by atoms with Crippen molar-refractivity contribution >= 4 is 5.91 Å². The predicted octanol–water partition coefficient (Wildman–Crippen LogP) is 3.07. The Morgan fingerprint density at radius 1 is 1.15 bits per heavy atom. The van der Waals surface area contributed by atoms with Crippen molar-refractivity contribution in [2.75, 3.05) is 6.61 Å². The van der Waals surface area contributed by atoms with Crippen molar-refractivity contribution in [2.45, 2.75) is 57.9 Å². The first-order valence-corrected chi connectivity index (χ1v) is 7.70. The molecule has 3 heteroatoms. The number of aliphatic hydroxyl groups excluding tert-OH is 1. The van der Waals surface area contributed by atoms with Gasteiger partial charge >= 0.3 is 0 Å². The fourth-order valence-electron chi connectivity index (χ4n) is 2.25. The molecule has 1 atom stereocenters. The van der Waals surface area contributed by atoms with E-state index in [4.69, 9.17) is 0 Å².